The van der Waals surface area contributed by atoms with E-state index in [4.69, 9.17) is 14.9 Å². The molecule has 0 aromatic heterocycles. The predicted octanol–water partition coefficient (Wildman–Crippen LogP) is 3.90. The van der Waals surface area contributed by atoms with Crippen LogP contribution in [0, 0.1) is 5.41 Å². The first-order chi connectivity index (χ1) is 15.3. The number of hydrogen-bond donors (Lipinski definition) is 4. The molecule has 0 bridgehead atoms. The molecule has 0 heterocycles. The molecule has 5 N–H and O–H groups in total. The van der Waals surface area contributed by atoms with Crippen molar-refractivity contribution in [2.45, 2.75) is 33.7 Å². The Morgan fingerprint density at radius 3 is 2.48 bits per heavy atom. The van der Waals surface area contributed by atoms with Gasteiger partial charge in [0.25, 0.3) is 0 Å². The zero-order valence-corrected chi connectivity index (χ0v) is 21.4. The van der Waals surface area contributed by atoms with Crippen LogP contribution in [0.15, 0.2) is 66.0 Å². The van der Waals surface area contributed by atoms with E-state index in [1.165, 1.54) is 0 Å². The maximum Gasteiger partial charge on any atom is 0.192 e. The highest BCUT2D eigenvalue weighted by molar-refractivity contribution is 7.81. The molecule has 0 saturated heterocycles. The third kappa shape index (κ3) is 8.78. The molecule has 1 unspecified atom stereocenters. The Kier molecular flexibility index (Phi) is 10.4. The minimum Gasteiger partial charge on any atom is -0.505 e. The second-order valence-electron chi connectivity index (χ2n) is 8.70. The number of rotatable bonds is 10. The summed E-state index contributed by atoms with van der Waals surface area (Å²) in [7, 11) is 5.29. The fourth-order valence-corrected chi connectivity index (χ4v) is 3.00. The molecule has 1 aromatic rings. The minimum absolute atomic E-state index is 0.0121. The highest BCUT2D eigenvalue weighted by Gasteiger charge is 2.23. The molecule has 0 fully saturated rings. The molecular formula is C24H37N5O3S. The summed E-state index contributed by atoms with van der Waals surface area (Å²) < 4.78 is 19.6. The SMILES string of the molecule is C=C(Nc1cccc(C(=C)N(C)C)c1O)C(=N[C@@H](/C=C/C=C(/C)OC)C(C)(C)C)NS(N)=O. The summed E-state index contributed by atoms with van der Waals surface area (Å²) in [5.41, 5.74) is 1.65. The number of aromatic hydroxyl groups is 1. The Balaban J connectivity index is 3.35. The van der Waals surface area contributed by atoms with Gasteiger partial charge in [0.05, 0.1) is 30.3 Å². The smallest absolute Gasteiger partial charge is 0.192 e. The summed E-state index contributed by atoms with van der Waals surface area (Å²) >= 11 is -1.88. The van der Waals surface area contributed by atoms with Gasteiger partial charge in [0, 0.05) is 25.4 Å². The lowest BCUT2D eigenvalue weighted by molar-refractivity contribution is 0.293. The zero-order chi connectivity index (χ0) is 25.3. The van der Waals surface area contributed by atoms with E-state index in [1.54, 1.807) is 30.2 Å². The Bertz CT molecular complexity index is 975. The lowest BCUT2D eigenvalue weighted by Crippen LogP contribution is -2.36. The standard InChI is InChI=1S/C24H37N5O3S/c1-16(32-9)12-10-15-21(24(4,5)6)27-23(28-33(25)31)17(2)26-20-14-11-13-19(22(20)30)18(3)29(7)8/h10-15,21,26,30H,2-3,25H2,1,4-9H3,(H,27,28)/b15-10+,16-12-/t21-,33?/m0/s1. The molecular weight excluding hydrogens is 438 g/mol. The molecule has 182 valence electrons. The number of ether oxygens (including phenoxy) is 1. The number of nitrogens with two attached hydrogens (primary N) is 1. The number of phenolic OH excluding ortho intramolecular Hbond substituents is 1. The molecule has 0 aliphatic heterocycles. The number of benzene rings is 1. The maximum absolute atomic E-state index is 11.8. The van der Waals surface area contributed by atoms with E-state index in [0.717, 1.165) is 5.76 Å². The second-order valence-corrected chi connectivity index (χ2v) is 9.50. The number of amidine groups is 1. The van der Waals surface area contributed by atoms with E-state index in [-0.39, 0.29) is 23.0 Å². The number of phenols is 1. The zero-order valence-electron chi connectivity index (χ0n) is 20.6. The molecule has 2 atom stereocenters. The number of nitrogens with zero attached hydrogens (tertiary/aromatic N) is 2. The van der Waals surface area contributed by atoms with Gasteiger partial charge in [-0.1, -0.05) is 52.1 Å². The van der Waals surface area contributed by atoms with Gasteiger partial charge in [-0.15, -0.1) is 0 Å². The average Bonchev–Trinajstić information content (AvgIpc) is 2.71. The summed E-state index contributed by atoms with van der Waals surface area (Å²) in [6.07, 6.45) is 5.60. The first-order valence-electron chi connectivity index (χ1n) is 10.3. The largest absolute Gasteiger partial charge is 0.505 e. The van der Waals surface area contributed by atoms with Gasteiger partial charge in [-0.05, 0) is 30.5 Å². The summed E-state index contributed by atoms with van der Waals surface area (Å²) in [4.78, 5) is 6.53. The highest BCUT2D eigenvalue weighted by Crippen LogP contribution is 2.33. The molecule has 0 saturated carbocycles. The van der Waals surface area contributed by atoms with Crippen molar-refractivity contribution in [1.82, 2.24) is 9.62 Å². The second kappa shape index (κ2) is 12.3. The Labute approximate surface area is 200 Å². The summed E-state index contributed by atoms with van der Waals surface area (Å²) in [6.45, 7) is 16.0. The molecule has 0 spiro atoms. The quantitative estimate of drug-likeness (QED) is 0.135. The molecule has 8 nitrogen and oxygen atoms in total. The van der Waals surface area contributed by atoms with Crippen LogP contribution >= 0.6 is 0 Å². The van der Waals surface area contributed by atoms with Crippen molar-refractivity contribution in [3.8, 4) is 5.75 Å². The number of aliphatic imine (C=N–C) groups is 1. The van der Waals surface area contributed by atoms with Gasteiger partial charge >= 0.3 is 0 Å². The van der Waals surface area contributed by atoms with Crippen LogP contribution in [0.25, 0.3) is 5.70 Å². The van der Waals surface area contributed by atoms with Gasteiger partial charge in [-0.2, -0.15) is 0 Å². The van der Waals surface area contributed by atoms with E-state index in [9.17, 15) is 9.32 Å². The number of methoxy groups -OCH3 is 1. The van der Waals surface area contributed by atoms with Crippen LogP contribution in [-0.2, 0) is 15.9 Å². The van der Waals surface area contributed by atoms with E-state index in [2.05, 4.69) is 23.2 Å². The Morgan fingerprint density at radius 1 is 1.33 bits per heavy atom. The molecule has 33 heavy (non-hydrogen) atoms. The first-order valence-corrected chi connectivity index (χ1v) is 11.5. The van der Waals surface area contributed by atoms with Crippen molar-refractivity contribution in [1.29, 1.82) is 0 Å². The van der Waals surface area contributed by atoms with Crippen molar-refractivity contribution in [3.05, 3.63) is 66.6 Å². The van der Waals surface area contributed by atoms with Gasteiger partial charge in [0.2, 0.25) is 0 Å². The number of para-hydroxylation sites is 1. The molecule has 0 aliphatic rings. The Morgan fingerprint density at radius 2 is 1.97 bits per heavy atom. The maximum atomic E-state index is 11.8. The average molecular weight is 476 g/mol. The van der Waals surface area contributed by atoms with Gasteiger partial charge in [-0.25, -0.2) is 9.35 Å². The number of allylic oxidation sites excluding steroid dienone is 3. The summed E-state index contributed by atoms with van der Waals surface area (Å²) in [5, 5.41) is 19.3. The first kappa shape index (κ1) is 28.0. The third-order valence-corrected chi connectivity index (χ3v) is 5.15. The molecule has 0 aliphatic carbocycles. The van der Waals surface area contributed by atoms with Crippen LogP contribution in [0.5, 0.6) is 5.75 Å². The van der Waals surface area contributed by atoms with Crippen LogP contribution in [0.4, 0.5) is 5.69 Å². The van der Waals surface area contributed by atoms with Crippen LogP contribution in [0.2, 0.25) is 0 Å². The summed E-state index contributed by atoms with van der Waals surface area (Å²) in [6, 6.07) is 4.94. The van der Waals surface area contributed by atoms with E-state index in [0.29, 0.717) is 22.6 Å². The molecule has 0 radical (unpaired) electrons. The topological polar surface area (TPSA) is 112 Å². The van der Waals surface area contributed by atoms with Crippen molar-refractivity contribution in [2.24, 2.45) is 15.5 Å². The monoisotopic (exact) mass is 475 g/mol. The fourth-order valence-electron chi connectivity index (χ4n) is 2.63. The van der Waals surface area contributed by atoms with E-state index >= 15 is 0 Å². The minimum atomic E-state index is -1.88. The predicted molar refractivity (Wildman–Crippen MR) is 140 cm³/mol. The van der Waals surface area contributed by atoms with Crippen LogP contribution in [0.3, 0.4) is 0 Å². The molecule has 1 rings (SSSR count). The number of anilines is 1. The van der Waals surface area contributed by atoms with Gasteiger partial charge in [0.15, 0.2) is 17.0 Å². The van der Waals surface area contributed by atoms with Gasteiger partial charge in [0.1, 0.15) is 5.75 Å². The molecule has 1 aromatic carbocycles. The molecule has 9 heteroatoms. The van der Waals surface area contributed by atoms with Gasteiger partial charge in [-0.3, -0.25) is 9.71 Å². The van der Waals surface area contributed by atoms with Crippen LogP contribution < -0.4 is 15.2 Å². The highest BCUT2D eigenvalue weighted by atomic mass is 32.2. The number of nitrogens with one attached hydrogen (secondary N) is 2. The lowest BCUT2D eigenvalue weighted by Gasteiger charge is -2.26. The van der Waals surface area contributed by atoms with E-state index < -0.39 is 11.2 Å². The van der Waals surface area contributed by atoms with E-state index in [1.807, 2.05) is 60.0 Å². The lowest BCUT2D eigenvalue weighted by atomic mass is 9.87. The van der Waals surface area contributed by atoms with Crippen molar-refractivity contribution in [2.75, 3.05) is 26.5 Å². The number of hydrogen-bond acceptors (Lipinski definition) is 6. The normalized spacial score (nSPS) is 14.5. The third-order valence-electron chi connectivity index (χ3n) is 4.76. The van der Waals surface area contributed by atoms with Crippen molar-refractivity contribution >= 4 is 28.4 Å². The van der Waals surface area contributed by atoms with Gasteiger partial charge < -0.3 is 20.1 Å². The van der Waals surface area contributed by atoms with Crippen molar-refractivity contribution in [3.63, 3.8) is 0 Å². The summed E-state index contributed by atoms with van der Waals surface area (Å²) in [5.74, 6) is 0.979. The Hall–Kier alpha value is -3.04. The van der Waals surface area contributed by atoms with Crippen LogP contribution in [-0.4, -0.2) is 47.3 Å². The fraction of sp³-hybridized carbons (Fsp3) is 0.375. The molecule has 0 amide bonds. The van der Waals surface area contributed by atoms with Crippen molar-refractivity contribution < 1.29 is 14.1 Å². The van der Waals surface area contributed by atoms with Crippen LogP contribution in [0.1, 0.15) is 33.3 Å².